The molecule has 2 rings (SSSR count). The van der Waals surface area contributed by atoms with Gasteiger partial charge in [-0.05, 0) is 25.7 Å². The number of anilines is 1. The van der Waals surface area contributed by atoms with Gasteiger partial charge in [-0.2, -0.15) is 5.10 Å². The minimum atomic E-state index is -0.537. The molecule has 1 fully saturated rings. The van der Waals surface area contributed by atoms with Crippen LogP contribution in [0.25, 0.3) is 0 Å². The van der Waals surface area contributed by atoms with Crippen LogP contribution in [0.4, 0.5) is 10.5 Å². The Morgan fingerprint density at radius 3 is 2.76 bits per heavy atom. The van der Waals surface area contributed by atoms with Crippen LogP contribution < -0.4 is 16.8 Å². The average molecular weight is 294 g/mol. The highest BCUT2D eigenvalue weighted by Crippen LogP contribution is 2.22. The Hall–Kier alpha value is -2.25. The third-order valence-corrected chi connectivity index (χ3v) is 3.84. The fourth-order valence-electron chi connectivity index (χ4n) is 2.74. The quantitative estimate of drug-likeness (QED) is 0.717. The maximum atomic E-state index is 12.6. The Morgan fingerprint density at radius 1 is 1.48 bits per heavy atom. The zero-order chi connectivity index (χ0) is 15.6. The molecule has 0 bridgehead atoms. The molecule has 1 aromatic rings. The van der Waals surface area contributed by atoms with E-state index in [2.05, 4.69) is 10.4 Å². The van der Waals surface area contributed by atoms with Crippen molar-refractivity contribution in [3.63, 3.8) is 0 Å². The first-order valence-corrected chi connectivity index (χ1v) is 7.01. The van der Waals surface area contributed by atoms with Crippen molar-refractivity contribution in [3.05, 3.63) is 11.4 Å². The van der Waals surface area contributed by atoms with Crippen molar-refractivity contribution < 1.29 is 9.59 Å². The molecule has 2 heterocycles. The van der Waals surface area contributed by atoms with Crippen molar-refractivity contribution >= 4 is 17.6 Å². The summed E-state index contributed by atoms with van der Waals surface area (Å²) >= 11 is 0. The number of nitrogen functional groups attached to an aromatic ring is 1. The highest BCUT2D eigenvalue weighted by atomic mass is 16.2. The van der Waals surface area contributed by atoms with Crippen LogP contribution in [0, 0.1) is 12.8 Å². The number of rotatable bonds is 3. The number of carbonyl (C=O) groups excluding carboxylic acids is 2. The van der Waals surface area contributed by atoms with Crippen molar-refractivity contribution in [2.45, 2.75) is 19.8 Å². The monoisotopic (exact) mass is 294 g/mol. The molecule has 0 aliphatic carbocycles. The molecule has 8 nitrogen and oxygen atoms in total. The van der Waals surface area contributed by atoms with Gasteiger partial charge < -0.3 is 21.7 Å². The van der Waals surface area contributed by atoms with Gasteiger partial charge in [0, 0.05) is 26.7 Å². The number of nitrogens with one attached hydrogen (secondary N) is 1. The minimum absolute atomic E-state index is 0.112. The average Bonchev–Trinajstić information content (AvgIpc) is 2.69. The Morgan fingerprint density at radius 2 is 2.19 bits per heavy atom. The van der Waals surface area contributed by atoms with E-state index in [4.69, 9.17) is 11.5 Å². The molecule has 1 aliphatic heterocycles. The number of aryl methyl sites for hydroxylation is 2. The number of likely N-dealkylation sites (tertiary alicyclic amines) is 1. The standard InChI is InChI=1S/C13H22N6O2/c1-8-10(14)11(18(2)17-8)12(20)19-5-3-4-9(7-19)6-16-13(15)21/h9H,3-7,14H2,1-2H3,(H3,15,16,21). The van der Waals surface area contributed by atoms with E-state index in [0.29, 0.717) is 36.7 Å². The molecule has 21 heavy (non-hydrogen) atoms. The summed E-state index contributed by atoms with van der Waals surface area (Å²) in [5.41, 5.74) is 12.5. The SMILES string of the molecule is Cc1nn(C)c(C(=O)N2CCCC(CNC(N)=O)C2)c1N. The fourth-order valence-corrected chi connectivity index (χ4v) is 2.74. The smallest absolute Gasteiger partial charge is 0.312 e. The Balaban J connectivity index is 2.07. The molecule has 0 aromatic carbocycles. The summed E-state index contributed by atoms with van der Waals surface area (Å²) < 4.78 is 1.53. The Labute approximate surface area is 123 Å². The predicted octanol–water partition coefficient (Wildman–Crippen LogP) is -0.169. The molecule has 1 saturated heterocycles. The van der Waals surface area contributed by atoms with Gasteiger partial charge in [0.25, 0.3) is 5.91 Å². The van der Waals surface area contributed by atoms with E-state index in [9.17, 15) is 9.59 Å². The lowest BCUT2D eigenvalue weighted by atomic mass is 9.97. The van der Waals surface area contributed by atoms with Crippen LogP contribution in [0.5, 0.6) is 0 Å². The molecular formula is C13H22N6O2. The van der Waals surface area contributed by atoms with Gasteiger partial charge in [-0.3, -0.25) is 9.48 Å². The molecule has 8 heteroatoms. The van der Waals surface area contributed by atoms with Gasteiger partial charge >= 0.3 is 6.03 Å². The van der Waals surface area contributed by atoms with Crippen LogP contribution in [-0.4, -0.2) is 46.3 Å². The summed E-state index contributed by atoms with van der Waals surface area (Å²) in [5, 5.41) is 6.78. The fraction of sp³-hybridized carbons (Fsp3) is 0.615. The molecule has 5 N–H and O–H groups in total. The molecule has 0 radical (unpaired) electrons. The summed E-state index contributed by atoms with van der Waals surface area (Å²) in [6.45, 7) is 3.54. The van der Waals surface area contributed by atoms with Gasteiger partial charge in [0.2, 0.25) is 0 Å². The van der Waals surface area contributed by atoms with E-state index in [1.165, 1.54) is 4.68 Å². The van der Waals surface area contributed by atoms with Gasteiger partial charge in [0.1, 0.15) is 5.69 Å². The molecule has 0 spiro atoms. The third kappa shape index (κ3) is 3.26. The third-order valence-electron chi connectivity index (χ3n) is 3.84. The van der Waals surface area contributed by atoms with Crippen LogP contribution in [-0.2, 0) is 7.05 Å². The maximum Gasteiger partial charge on any atom is 0.312 e. The largest absolute Gasteiger partial charge is 0.395 e. The van der Waals surface area contributed by atoms with E-state index >= 15 is 0 Å². The van der Waals surface area contributed by atoms with Crippen molar-refractivity contribution in [1.29, 1.82) is 0 Å². The highest BCUT2D eigenvalue weighted by molar-refractivity contribution is 5.98. The molecule has 1 aliphatic rings. The van der Waals surface area contributed by atoms with Crippen LogP contribution in [0.15, 0.2) is 0 Å². The normalized spacial score (nSPS) is 18.6. The van der Waals surface area contributed by atoms with E-state index in [1.54, 1.807) is 18.9 Å². The number of piperidine rings is 1. The molecule has 1 aromatic heterocycles. The number of primary amides is 1. The van der Waals surface area contributed by atoms with Crippen molar-refractivity contribution in [2.24, 2.45) is 18.7 Å². The van der Waals surface area contributed by atoms with Gasteiger partial charge in [-0.15, -0.1) is 0 Å². The number of carbonyl (C=O) groups is 2. The second kappa shape index (κ2) is 6.02. The summed E-state index contributed by atoms with van der Waals surface area (Å²) in [6, 6.07) is -0.537. The number of hydrogen-bond acceptors (Lipinski definition) is 4. The summed E-state index contributed by atoms with van der Waals surface area (Å²) in [4.78, 5) is 25.2. The van der Waals surface area contributed by atoms with E-state index in [1.807, 2.05) is 0 Å². The number of nitrogens with zero attached hydrogens (tertiary/aromatic N) is 3. The first kappa shape index (κ1) is 15.1. The van der Waals surface area contributed by atoms with Gasteiger partial charge in [0.05, 0.1) is 11.4 Å². The van der Waals surface area contributed by atoms with Crippen LogP contribution in [0.1, 0.15) is 29.0 Å². The topological polar surface area (TPSA) is 119 Å². The second-order valence-electron chi connectivity index (χ2n) is 5.48. The van der Waals surface area contributed by atoms with Crippen molar-refractivity contribution in [2.75, 3.05) is 25.4 Å². The number of urea groups is 1. The zero-order valence-corrected chi connectivity index (χ0v) is 12.4. The number of hydrogen-bond donors (Lipinski definition) is 3. The molecule has 116 valence electrons. The van der Waals surface area contributed by atoms with Crippen LogP contribution >= 0.6 is 0 Å². The lowest BCUT2D eigenvalue weighted by molar-refractivity contribution is 0.0665. The van der Waals surface area contributed by atoms with Gasteiger partial charge in [0.15, 0.2) is 0 Å². The molecular weight excluding hydrogens is 272 g/mol. The van der Waals surface area contributed by atoms with Crippen molar-refractivity contribution in [3.8, 4) is 0 Å². The highest BCUT2D eigenvalue weighted by Gasteiger charge is 2.28. The van der Waals surface area contributed by atoms with Crippen molar-refractivity contribution in [1.82, 2.24) is 20.0 Å². The number of aromatic nitrogens is 2. The predicted molar refractivity (Wildman–Crippen MR) is 78.6 cm³/mol. The van der Waals surface area contributed by atoms with E-state index in [-0.39, 0.29) is 11.8 Å². The summed E-state index contributed by atoms with van der Waals surface area (Å²) in [5.74, 6) is 0.102. The van der Waals surface area contributed by atoms with Crippen LogP contribution in [0.2, 0.25) is 0 Å². The lowest BCUT2D eigenvalue weighted by Gasteiger charge is -2.32. The van der Waals surface area contributed by atoms with E-state index < -0.39 is 6.03 Å². The second-order valence-corrected chi connectivity index (χ2v) is 5.48. The maximum absolute atomic E-state index is 12.6. The molecule has 1 atom stereocenters. The number of amides is 3. The number of nitrogens with two attached hydrogens (primary N) is 2. The molecule has 1 unspecified atom stereocenters. The Bertz CT molecular complexity index is 553. The van der Waals surface area contributed by atoms with E-state index in [0.717, 1.165) is 12.8 Å². The van der Waals surface area contributed by atoms with Crippen LogP contribution in [0.3, 0.4) is 0 Å². The Kier molecular flexibility index (Phi) is 4.35. The molecule has 3 amide bonds. The first-order chi connectivity index (χ1) is 9.90. The molecule has 0 saturated carbocycles. The van der Waals surface area contributed by atoms with Gasteiger partial charge in [-0.25, -0.2) is 4.79 Å². The summed E-state index contributed by atoms with van der Waals surface area (Å²) in [6.07, 6.45) is 1.86. The minimum Gasteiger partial charge on any atom is -0.395 e. The summed E-state index contributed by atoms with van der Waals surface area (Å²) in [7, 11) is 1.71. The lowest BCUT2D eigenvalue weighted by Crippen LogP contribution is -2.45. The van der Waals surface area contributed by atoms with Gasteiger partial charge in [-0.1, -0.05) is 0 Å². The zero-order valence-electron chi connectivity index (χ0n) is 12.4. The first-order valence-electron chi connectivity index (χ1n) is 7.01.